The van der Waals surface area contributed by atoms with Crippen molar-refractivity contribution in [3.8, 4) is 22.3 Å². The van der Waals surface area contributed by atoms with Gasteiger partial charge in [-0.3, -0.25) is 14.5 Å². The lowest BCUT2D eigenvalue weighted by atomic mass is 10.0. The van der Waals surface area contributed by atoms with Gasteiger partial charge in [-0.25, -0.2) is 0 Å². The summed E-state index contributed by atoms with van der Waals surface area (Å²) in [6, 6.07) is 33.0. The topological polar surface area (TPSA) is 71.8 Å². The predicted octanol–water partition coefficient (Wildman–Crippen LogP) is 7.95. The number of rotatable bonds is 11. The Morgan fingerprint density at radius 2 is 1.33 bits per heavy atom. The Kier molecular flexibility index (Phi) is 9.79. The van der Waals surface area contributed by atoms with Crippen LogP contribution < -0.4 is 5.32 Å². The van der Waals surface area contributed by atoms with E-state index in [0.717, 1.165) is 28.8 Å². The maximum atomic E-state index is 13.5. The minimum absolute atomic E-state index is 0.116. The number of alkyl halides is 3. The largest absolute Gasteiger partial charge is 0.469 e. The van der Waals surface area contributed by atoms with Gasteiger partial charge in [0.05, 0.1) is 38.1 Å². The number of hydrogen-bond acceptors (Lipinski definition) is 5. The summed E-state index contributed by atoms with van der Waals surface area (Å²) in [6.07, 6.45) is -3.72. The Labute approximate surface area is 259 Å². The van der Waals surface area contributed by atoms with Crippen LogP contribution in [0.5, 0.6) is 0 Å². The molecule has 1 N–H and O–H groups in total. The molecule has 0 aliphatic rings. The smallest absolute Gasteiger partial charge is 0.416 e. The van der Waals surface area contributed by atoms with E-state index in [1.165, 1.54) is 19.2 Å². The Morgan fingerprint density at radius 1 is 0.756 bits per heavy atom. The van der Waals surface area contributed by atoms with Crippen molar-refractivity contribution in [3.63, 3.8) is 0 Å². The molecule has 0 aliphatic heterocycles. The predicted molar refractivity (Wildman–Crippen MR) is 165 cm³/mol. The number of carbonyl (C=O) groups excluding carboxylic acids is 2. The first-order chi connectivity index (χ1) is 21.7. The average molecular weight is 613 g/mol. The molecule has 0 saturated heterocycles. The molecule has 6 nitrogen and oxygen atoms in total. The summed E-state index contributed by atoms with van der Waals surface area (Å²) in [5.74, 6) is -0.269. The Balaban J connectivity index is 1.35. The van der Waals surface area contributed by atoms with Crippen LogP contribution in [0.25, 0.3) is 22.3 Å². The molecule has 0 radical (unpaired) electrons. The number of hydrogen-bond donors (Lipinski definition) is 1. The Bertz CT molecular complexity index is 1690. The molecule has 0 spiro atoms. The normalized spacial score (nSPS) is 12.1. The SMILES string of the molecule is COC(=O)CC(NC(=O)c1ccc(-c2ccc(C(F)(F)F)cc2)cc1)N(Cc1ccc(-c2ccccc2)cc1)Cc1ccco1. The fourth-order valence-electron chi connectivity index (χ4n) is 4.96. The number of carbonyl (C=O) groups is 2. The van der Waals surface area contributed by atoms with Crippen LogP contribution in [0.3, 0.4) is 0 Å². The zero-order chi connectivity index (χ0) is 31.8. The van der Waals surface area contributed by atoms with Gasteiger partial charge in [0.2, 0.25) is 0 Å². The highest BCUT2D eigenvalue weighted by Crippen LogP contribution is 2.31. The molecule has 0 bridgehead atoms. The highest BCUT2D eigenvalue weighted by molar-refractivity contribution is 5.95. The first kappa shape index (κ1) is 31.3. The molecule has 1 heterocycles. The Morgan fingerprint density at radius 3 is 1.89 bits per heavy atom. The highest BCUT2D eigenvalue weighted by Gasteiger charge is 2.30. The Hall–Kier alpha value is -5.15. The van der Waals surface area contributed by atoms with Gasteiger partial charge < -0.3 is 14.5 Å². The monoisotopic (exact) mass is 612 g/mol. The molecule has 0 saturated carbocycles. The minimum atomic E-state index is -4.42. The van der Waals surface area contributed by atoms with Crippen molar-refractivity contribution in [3.05, 3.63) is 144 Å². The molecular formula is C36H31F3N2O4. The van der Waals surface area contributed by atoms with Crippen LogP contribution in [0, 0.1) is 0 Å². The molecule has 1 aromatic heterocycles. The maximum absolute atomic E-state index is 13.5. The second kappa shape index (κ2) is 14.1. The summed E-state index contributed by atoms with van der Waals surface area (Å²) in [4.78, 5) is 27.9. The van der Waals surface area contributed by atoms with Crippen molar-refractivity contribution >= 4 is 11.9 Å². The van der Waals surface area contributed by atoms with Gasteiger partial charge in [0, 0.05) is 12.1 Å². The summed E-state index contributed by atoms with van der Waals surface area (Å²) in [5.41, 5.74) is 3.96. The first-order valence-corrected chi connectivity index (χ1v) is 14.3. The molecule has 9 heteroatoms. The molecule has 4 aromatic carbocycles. The number of methoxy groups -OCH3 is 1. The van der Waals surface area contributed by atoms with Crippen LogP contribution in [-0.2, 0) is 28.8 Å². The van der Waals surface area contributed by atoms with Crippen LogP contribution >= 0.6 is 0 Å². The van der Waals surface area contributed by atoms with Crippen molar-refractivity contribution < 1.29 is 31.9 Å². The van der Waals surface area contributed by atoms with Crippen molar-refractivity contribution in [2.24, 2.45) is 0 Å². The zero-order valence-corrected chi connectivity index (χ0v) is 24.5. The van der Waals surface area contributed by atoms with Gasteiger partial charge in [0.1, 0.15) is 5.76 Å². The van der Waals surface area contributed by atoms with Crippen molar-refractivity contribution in [2.45, 2.75) is 31.9 Å². The average Bonchev–Trinajstić information content (AvgIpc) is 3.58. The number of esters is 1. The van der Waals surface area contributed by atoms with Gasteiger partial charge in [-0.2, -0.15) is 13.2 Å². The summed E-state index contributed by atoms with van der Waals surface area (Å²) in [7, 11) is 1.29. The molecule has 230 valence electrons. The molecule has 1 atom stereocenters. The standard InChI is InChI=1S/C36H31F3N2O4/c1-44-34(42)22-33(40-35(43)30-15-13-28(14-16-30)29-17-19-31(20-18-29)36(37,38)39)41(24-32-8-5-21-45-32)23-25-9-11-27(12-10-25)26-6-3-2-4-7-26/h2-21,33H,22-24H2,1H3,(H,40,43). The highest BCUT2D eigenvalue weighted by atomic mass is 19.4. The van der Waals surface area contributed by atoms with E-state index >= 15 is 0 Å². The third kappa shape index (κ3) is 8.27. The van der Waals surface area contributed by atoms with E-state index in [1.807, 2.05) is 65.6 Å². The van der Waals surface area contributed by atoms with E-state index in [4.69, 9.17) is 9.15 Å². The second-order valence-electron chi connectivity index (χ2n) is 10.5. The van der Waals surface area contributed by atoms with Crippen molar-refractivity contribution in [1.29, 1.82) is 0 Å². The van der Waals surface area contributed by atoms with Crippen molar-refractivity contribution in [2.75, 3.05) is 7.11 Å². The summed E-state index contributed by atoms with van der Waals surface area (Å²) in [5, 5.41) is 2.97. The van der Waals surface area contributed by atoms with E-state index in [1.54, 1.807) is 36.6 Å². The molecule has 0 fully saturated rings. The number of amides is 1. The van der Waals surface area contributed by atoms with Gasteiger partial charge in [0.25, 0.3) is 5.91 Å². The first-order valence-electron chi connectivity index (χ1n) is 14.3. The van der Waals surface area contributed by atoms with Gasteiger partial charge in [-0.15, -0.1) is 0 Å². The molecule has 5 rings (SSSR count). The van der Waals surface area contributed by atoms with E-state index < -0.39 is 29.8 Å². The number of halogens is 3. The number of benzene rings is 4. The number of ether oxygens (including phenoxy) is 1. The lowest BCUT2D eigenvalue weighted by molar-refractivity contribution is -0.142. The van der Waals surface area contributed by atoms with Gasteiger partial charge in [0.15, 0.2) is 0 Å². The fraction of sp³-hybridized carbons (Fsp3) is 0.167. The molecule has 1 amide bonds. The quantitative estimate of drug-likeness (QED) is 0.121. The molecule has 0 aliphatic carbocycles. The third-order valence-electron chi connectivity index (χ3n) is 7.40. The number of furan rings is 1. The summed E-state index contributed by atoms with van der Waals surface area (Å²) in [6.45, 7) is 0.701. The van der Waals surface area contributed by atoms with Crippen LogP contribution in [0.4, 0.5) is 13.2 Å². The third-order valence-corrected chi connectivity index (χ3v) is 7.40. The lowest BCUT2D eigenvalue weighted by Gasteiger charge is -2.31. The maximum Gasteiger partial charge on any atom is 0.416 e. The molecule has 45 heavy (non-hydrogen) atoms. The van der Waals surface area contributed by atoms with Crippen molar-refractivity contribution in [1.82, 2.24) is 10.2 Å². The minimum Gasteiger partial charge on any atom is -0.469 e. The van der Waals surface area contributed by atoms with Crippen LogP contribution in [0.15, 0.2) is 126 Å². The second-order valence-corrected chi connectivity index (χ2v) is 10.5. The van der Waals surface area contributed by atoms with E-state index in [9.17, 15) is 22.8 Å². The fourth-order valence-corrected chi connectivity index (χ4v) is 4.96. The van der Waals surface area contributed by atoms with Crippen LogP contribution in [0.2, 0.25) is 0 Å². The summed E-state index contributed by atoms with van der Waals surface area (Å²) >= 11 is 0. The lowest BCUT2D eigenvalue weighted by Crippen LogP contribution is -2.48. The number of nitrogens with zero attached hydrogens (tertiary/aromatic N) is 1. The number of nitrogens with one attached hydrogen (secondary N) is 1. The van der Waals surface area contributed by atoms with E-state index in [-0.39, 0.29) is 6.42 Å². The van der Waals surface area contributed by atoms with Crippen LogP contribution in [0.1, 0.15) is 33.7 Å². The summed E-state index contributed by atoms with van der Waals surface area (Å²) < 4.78 is 49.4. The zero-order valence-electron chi connectivity index (χ0n) is 24.5. The van der Waals surface area contributed by atoms with Gasteiger partial charge in [-0.1, -0.05) is 78.9 Å². The van der Waals surface area contributed by atoms with E-state index in [2.05, 4.69) is 5.32 Å². The molecule has 1 unspecified atom stereocenters. The van der Waals surface area contributed by atoms with Gasteiger partial charge in [-0.05, 0) is 64.2 Å². The van der Waals surface area contributed by atoms with Gasteiger partial charge >= 0.3 is 12.1 Å². The molecule has 5 aromatic rings. The molecular weight excluding hydrogens is 581 g/mol. The van der Waals surface area contributed by atoms with Crippen LogP contribution in [-0.4, -0.2) is 30.1 Å². The van der Waals surface area contributed by atoms with E-state index in [0.29, 0.717) is 35.5 Å².